The van der Waals surface area contributed by atoms with Crippen molar-refractivity contribution in [3.8, 4) is 5.75 Å². The molecule has 4 rings (SSSR count). The minimum atomic E-state index is -1.43. The molecule has 0 saturated heterocycles. The number of phenols is 1. The number of amides is 4. The zero-order valence-electron chi connectivity index (χ0n) is 25.5. The zero-order chi connectivity index (χ0) is 33.9. The van der Waals surface area contributed by atoms with E-state index in [0.29, 0.717) is 11.1 Å². The molecule has 0 spiro atoms. The summed E-state index contributed by atoms with van der Waals surface area (Å²) in [6.07, 6.45) is 1.42. The molecule has 0 aliphatic carbocycles. The summed E-state index contributed by atoms with van der Waals surface area (Å²) in [6, 6.07) is 17.6. The lowest BCUT2D eigenvalue weighted by atomic mass is 10.0. The fourth-order valence-electron chi connectivity index (χ4n) is 5.13. The number of aromatic nitrogens is 1. The van der Waals surface area contributed by atoms with Gasteiger partial charge in [0.1, 0.15) is 23.9 Å². The first-order valence-corrected chi connectivity index (χ1v) is 15.0. The first kappa shape index (κ1) is 34.2. The van der Waals surface area contributed by atoms with Crippen molar-refractivity contribution in [2.75, 3.05) is 0 Å². The smallest absolute Gasteiger partial charge is 0.326 e. The Hall–Kier alpha value is -5.69. The van der Waals surface area contributed by atoms with Crippen LogP contribution in [0, 0.1) is 0 Å². The topological polar surface area (TPSA) is 230 Å². The number of rotatable bonds is 16. The predicted molar refractivity (Wildman–Crippen MR) is 174 cm³/mol. The van der Waals surface area contributed by atoms with Gasteiger partial charge in [-0.05, 0) is 47.7 Å². The second kappa shape index (κ2) is 16.0. The molecule has 4 aromatic rings. The summed E-state index contributed by atoms with van der Waals surface area (Å²) < 4.78 is 0. The van der Waals surface area contributed by atoms with Crippen LogP contribution in [0.2, 0.25) is 0 Å². The summed E-state index contributed by atoms with van der Waals surface area (Å²) in [5, 5.41) is 27.9. The maximum Gasteiger partial charge on any atom is 0.326 e. The van der Waals surface area contributed by atoms with E-state index < -0.39 is 53.8 Å². The van der Waals surface area contributed by atoms with E-state index >= 15 is 0 Å². The number of hydrogen-bond acceptors (Lipinski definition) is 7. The summed E-state index contributed by atoms with van der Waals surface area (Å²) in [4.78, 5) is 67.0. The number of nitrogens with two attached hydrogens (primary N) is 2. The average molecular weight is 643 g/mol. The fourth-order valence-corrected chi connectivity index (χ4v) is 5.13. The molecule has 47 heavy (non-hydrogen) atoms. The van der Waals surface area contributed by atoms with Crippen molar-refractivity contribution in [3.63, 3.8) is 0 Å². The number of aliphatic carboxylic acids is 1. The SMILES string of the molecule is NC(=O)CCC(NC(=O)C(Cc1ccccc1)NC(=O)C(Cc1c[nH]c2ccccc12)NC(=O)C(N)Cc1ccc(O)cc1)C(=O)O. The zero-order valence-corrected chi connectivity index (χ0v) is 25.5. The minimum Gasteiger partial charge on any atom is -0.508 e. The number of para-hydroxylation sites is 1. The molecule has 0 saturated carbocycles. The third-order valence-electron chi connectivity index (χ3n) is 7.67. The van der Waals surface area contributed by atoms with Gasteiger partial charge in [-0.2, -0.15) is 0 Å². The Balaban J connectivity index is 1.58. The van der Waals surface area contributed by atoms with E-state index in [0.717, 1.165) is 16.5 Å². The van der Waals surface area contributed by atoms with Crippen LogP contribution in [0.15, 0.2) is 85.1 Å². The van der Waals surface area contributed by atoms with E-state index in [9.17, 15) is 34.2 Å². The lowest BCUT2D eigenvalue weighted by molar-refractivity contribution is -0.142. The van der Waals surface area contributed by atoms with Crippen molar-refractivity contribution < 1.29 is 34.2 Å². The molecular weight excluding hydrogens is 604 g/mol. The van der Waals surface area contributed by atoms with Gasteiger partial charge in [0, 0.05) is 36.4 Å². The summed E-state index contributed by atoms with van der Waals surface area (Å²) in [6.45, 7) is 0. The molecule has 4 amide bonds. The molecule has 3 aromatic carbocycles. The number of carbonyl (C=O) groups excluding carboxylic acids is 4. The number of carboxylic acids is 1. The molecular formula is C34H38N6O7. The van der Waals surface area contributed by atoms with Gasteiger partial charge in [-0.25, -0.2) is 4.79 Å². The number of fused-ring (bicyclic) bond motifs is 1. The van der Waals surface area contributed by atoms with Crippen molar-refractivity contribution in [1.82, 2.24) is 20.9 Å². The van der Waals surface area contributed by atoms with Crippen LogP contribution in [0.25, 0.3) is 10.9 Å². The minimum absolute atomic E-state index is 0.00862. The predicted octanol–water partition coefficient (Wildman–Crippen LogP) is 1.03. The van der Waals surface area contributed by atoms with Gasteiger partial charge in [0.25, 0.3) is 0 Å². The quantitative estimate of drug-likeness (QED) is 0.0878. The van der Waals surface area contributed by atoms with Crippen molar-refractivity contribution in [2.24, 2.45) is 11.5 Å². The number of carboxylic acid groups (broad SMARTS) is 1. The van der Waals surface area contributed by atoms with Crippen LogP contribution in [0.3, 0.4) is 0 Å². The van der Waals surface area contributed by atoms with Crippen molar-refractivity contribution in [1.29, 1.82) is 0 Å². The van der Waals surface area contributed by atoms with Gasteiger partial charge in [0.2, 0.25) is 23.6 Å². The Kier molecular flexibility index (Phi) is 11.7. The van der Waals surface area contributed by atoms with Crippen LogP contribution in [0.1, 0.15) is 29.5 Å². The van der Waals surface area contributed by atoms with Crippen LogP contribution >= 0.6 is 0 Å². The van der Waals surface area contributed by atoms with Gasteiger partial charge in [0.05, 0.1) is 6.04 Å². The summed E-state index contributed by atoms with van der Waals surface area (Å²) in [7, 11) is 0. The standard InChI is InChI=1S/C34H38N6O7/c35-25(16-21-10-12-23(41)13-11-21)31(43)39-29(18-22-19-37-26-9-5-4-8-24(22)26)33(45)40-28(17-20-6-2-1-3-7-20)32(44)38-27(34(46)47)14-15-30(36)42/h1-13,19,25,27-29,37,41H,14-18,35H2,(H2,36,42)(H,38,44)(H,39,43)(H,40,45)(H,46,47). The molecule has 0 fully saturated rings. The Morgan fingerprint density at radius 2 is 1.28 bits per heavy atom. The number of hydrogen-bond donors (Lipinski definition) is 8. The van der Waals surface area contributed by atoms with E-state index in [4.69, 9.17) is 11.5 Å². The van der Waals surface area contributed by atoms with Gasteiger partial charge in [0.15, 0.2) is 0 Å². The maximum atomic E-state index is 13.9. The molecule has 1 heterocycles. The highest BCUT2D eigenvalue weighted by Gasteiger charge is 2.31. The molecule has 0 aliphatic heterocycles. The average Bonchev–Trinajstić information content (AvgIpc) is 3.46. The second-order valence-electron chi connectivity index (χ2n) is 11.3. The fraction of sp³-hybridized carbons (Fsp3) is 0.265. The number of phenolic OH excluding ortho intramolecular Hbond substituents is 1. The van der Waals surface area contributed by atoms with Crippen LogP contribution < -0.4 is 27.4 Å². The maximum absolute atomic E-state index is 13.9. The molecule has 1 aromatic heterocycles. The van der Waals surface area contributed by atoms with E-state index in [1.165, 1.54) is 12.1 Å². The monoisotopic (exact) mass is 642 g/mol. The molecule has 0 bridgehead atoms. The van der Waals surface area contributed by atoms with E-state index in [2.05, 4.69) is 20.9 Å². The summed E-state index contributed by atoms with van der Waals surface area (Å²) in [5.74, 6) is -4.12. The number of H-pyrrole nitrogens is 1. The third kappa shape index (κ3) is 9.90. The molecule has 13 nitrogen and oxygen atoms in total. The number of primary amides is 1. The molecule has 10 N–H and O–H groups in total. The normalized spacial score (nSPS) is 13.6. The molecule has 4 unspecified atom stereocenters. The van der Waals surface area contributed by atoms with Gasteiger partial charge in [-0.3, -0.25) is 19.2 Å². The molecule has 4 atom stereocenters. The largest absolute Gasteiger partial charge is 0.508 e. The van der Waals surface area contributed by atoms with Crippen molar-refractivity contribution >= 4 is 40.5 Å². The third-order valence-corrected chi connectivity index (χ3v) is 7.67. The highest BCUT2D eigenvalue weighted by Crippen LogP contribution is 2.20. The number of aromatic amines is 1. The van der Waals surface area contributed by atoms with Crippen LogP contribution in [0.5, 0.6) is 5.75 Å². The highest BCUT2D eigenvalue weighted by atomic mass is 16.4. The summed E-state index contributed by atoms with van der Waals surface area (Å²) in [5.41, 5.74) is 14.3. The Bertz CT molecular complexity index is 1710. The molecule has 0 aliphatic rings. The number of benzene rings is 3. The van der Waals surface area contributed by atoms with Crippen LogP contribution in [-0.2, 0) is 43.2 Å². The van der Waals surface area contributed by atoms with E-state index in [1.54, 1.807) is 48.7 Å². The highest BCUT2D eigenvalue weighted by molar-refractivity contribution is 5.95. The van der Waals surface area contributed by atoms with Gasteiger partial charge >= 0.3 is 5.97 Å². The number of nitrogens with one attached hydrogen (secondary N) is 4. The molecule has 246 valence electrons. The first-order chi connectivity index (χ1) is 22.5. The van der Waals surface area contributed by atoms with Crippen LogP contribution in [0.4, 0.5) is 0 Å². The summed E-state index contributed by atoms with van der Waals surface area (Å²) >= 11 is 0. The molecule has 0 radical (unpaired) electrons. The first-order valence-electron chi connectivity index (χ1n) is 15.0. The second-order valence-corrected chi connectivity index (χ2v) is 11.3. The van der Waals surface area contributed by atoms with Gasteiger partial charge in [-0.15, -0.1) is 0 Å². The Morgan fingerprint density at radius 1 is 0.702 bits per heavy atom. The Labute approximate surface area is 270 Å². The number of aromatic hydroxyl groups is 1. The molecule has 13 heteroatoms. The van der Waals surface area contributed by atoms with Gasteiger partial charge < -0.3 is 42.6 Å². The van der Waals surface area contributed by atoms with E-state index in [-0.39, 0.29) is 37.9 Å². The van der Waals surface area contributed by atoms with Crippen LogP contribution in [-0.4, -0.2) is 69.0 Å². The van der Waals surface area contributed by atoms with Crippen molar-refractivity contribution in [3.05, 3.63) is 102 Å². The number of carbonyl (C=O) groups is 5. The lowest BCUT2D eigenvalue weighted by Gasteiger charge is -2.25. The lowest BCUT2D eigenvalue weighted by Crippen LogP contribution is -2.58. The van der Waals surface area contributed by atoms with Gasteiger partial charge in [-0.1, -0.05) is 60.7 Å². The van der Waals surface area contributed by atoms with Crippen molar-refractivity contribution in [2.45, 2.75) is 56.3 Å². The van der Waals surface area contributed by atoms with E-state index in [1.807, 2.05) is 24.3 Å². The Morgan fingerprint density at radius 3 is 1.94 bits per heavy atom.